The molecular weight excluding hydrogens is 344 g/mol. The van der Waals surface area contributed by atoms with Crippen LogP contribution in [-0.2, 0) is 9.53 Å². The molecule has 8 heteroatoms. The highest BCUT2D eigenvalue weighted by Crippen LogP contribution is 2.20. The van der Waals surface area contributed by atoms with Crippen LogP contribution in [0.25, 0.3) is 0 Å². The predicted octanol–water partition coefficient (Wildman–Crippen LogP) is 3.74. The lowest BCUT2D eigenvalue weighted by atomic mass is 10.2. The van der Waals surface area contributed by atoms with Crippen LogP contribution >= 0.6 is 11.6 Å². The van der Waals surface area contributed by atoms with Gasteiger partial charge in [0.1, 0.15) is 5.75 Å². The SMILES string of the molecule is O=C(COC(=O)c1cccc(OC(F)F)c1)Nc1ccccc1Cl. The molecule has 0 heterocycles. The molecule has 0 fully saturated rings. The summed E-state index contributed by atoms with van der Waals surface area (Å²) in [6, 6.07) is 11.7. The van der Waals surface area contributed by atoms with E-state index in [2.05, 4.69) is 10.1 Å². The van der Waals surface area contributed by atoms with Crippen LogP contribution in [0.4, 0.5) is 14.5 Å². The third kappa shape index (κ3) is 5.20. The maximum Gasteiger partial charge on any atom is 0.387 e. The van der Waals surface area contributed by atoms with Gasteiger partial charge in [0.25, 0.3) is 5.91 Å². The minimum atomic E-state index is -3.00. The Balaban J connectivity index is 1.91. The Kier molecular flexibility index (Phi) is 6.08. The molecule has 0 aliphatic carbocycles. The first kappa shape index (κ1) is 17.7. The summed E-state index contributed by atoms with van der Waals surface area (Å²) in [4.78, 5) is 23.6. The molecule has 0 spiro atoms. The van der Waals surface area contributed by atoms with Crippen molar-refractivity contribution in [2.45, 2.75) is 6.61 Å². The highest BCUT2D eigenvalue weighted by atomic mass is 35.5. The van der Waals surface area contributed by atoms with Gasteiger partial charge in [-0.25, -0.2) is 4.79 Å². The van der Waals surface area contributed by atoms with Gasteiger partial charge in [-0.15, -0.1) is 0 Å². The first-order valence-electron chi connectivity index (χ1n) is 6.72. The minimum Gasteiger partial charge on any atom is -0.452 e. The van der Waals surface area contributed by atoms with Gasteiger partial charge in [0.15, 0.2) is 6.61 Å². The second kappa shape index (κ2) is 8.26. The quantitative estimate of drug-likeness (QED) is 0.802. The summed E-state index contributed by atoms with van der Waals surface area (Å²) < 4.78 is 33.3. The Morgan fingerprint density at radius 3 is 2.58 bits per heavy atom. The number of carbonyl (C=O) groups is 2. The van der Waals surface area contributed by atoms with Crippen LogP contribution in [-0.4, -0.2) is 25.1 Å². The fraction of sp³-hybridized carbons (Fsp3) is 0.125. The lowest BCUT2D eigenvalue weighted by Crippen LogP contribution is -2.21. The summed E-state index contributed by atoms with van der Waals surface area (Å²) >= 11 is 5.89. The summed E-state index contributed by atoms with van der Waals surface area (Å²) in [5, 5.41) is 2.82. The van der Waals surface area contributed by atoms with Gasteiger partial charge in [-0.05, 0) is 30.3 Å². The summed E-state index contributed by atoms with van der Waals surface area (Å²) in [5.74, 6) is -1.61. The summed E-state index contributed by atoms with van der Waals surface area (Å²) in [6.45, 7) is -3.55. The highest BCUT2D eigenvalue weighted by molar-refractivity contribution is 6.33. The standard InChI is InChI=1S/C16H12ClF2NO4/c17-12-6-1-2-7-13(12)20-14(21)9-23-15(22)10-4-3-5-11(8-10)24-16(18)19/h1-8,16H,9H2,(H,20,21). The van der Waals surface area contributed by atoms with Crippen molar-refractivity contribution in [2.75, 3.05) is 11.9 Å². The van der Waals surface area contributed by atoms with Crippen molar-refractivity contribution in [3.63, 3.8) is 0 Å². The van der Waals surface area contributed by atoms with E-state index in [9.17, 15) is 18.4 Å². The maximum absolute atomic E-state index is 12.1. The second-order valence-corrected chi connectivity index (χ2v) is 4.92. The molecule has 24 heavy (non-hydrogen) atoms. The molecular formula is C16H12ClF2NO4. The molecule has 1 amide bonds. The molecule has 0 aliphatic heterocycles. The molecule has 2 aromatic rings. The van der Waals surface area contributed by atoms with Gasteiger partial charge in [0, 0.05) is 0 Å². The van der Waals surface area contributed by atoms with Gasteiger partial charge in [-0.3, -0.25) is 4.79 Å². The van der Waals surface area contributed by atoms with Crippen LogP contribution in [0.3, 0.4) is 0 Å². The van der Waals surface area contributed by atoms with Gasteiger partial charge in [-0.2, -0.15) is 8.78 Å². The third-order valence-electron chi connectivity index (χ3n) is 2.78. The summed E-state index contributed by atoms with van der Waals surface area (Å²) in [6.07, 6.45) is 0. The number of amides is 1. The number of anilines is 1. The van der Waals surface area contributed by atoms with Crippen molar-refractivity contribution >= 4 is 29.2 Å². The van der Waals surface area contributed by atoms with Gasteiger partial charge in [0.05, 0.1) is 16.3 Å². The fourth-order valence-corrected chi connectivity index (χ4v) is 1.95. The Labute approximate surface area is 141 Å². The van der Waals surface area contributed by atoms with Gasteiger partial charge >= 0.3 is 12.6 Å². The number of alkyl halides is 2. The van der Waals surface area contributed by atoms with Crippen LogP contribution in [0.5, 0.6) is 5.75 Å². The van der Waals surface area contributed by atoms with Gasteiger partial charge < -0.3 is 14.8 Å². The van der Waals surface area contributed by atoms with E-state index < -0.39 is 25.1 Å². The lowest BCUT2D eigenvalue weighted by molar-refractivity contribution is -0.119. The Morgan fingerprint density at radius 1 is 1.12 bits per heavy atom. The monoisotopic (exact) mass is 355 g/mol. The van der Waals surface area contributed by atoms with Crippen LogP contribution in [0, 0.1) is 0 Å². The van der Waals surface area contributed by atoms with Crippen LogP contribution in [0.2, 0.25) is 5.02 Å². The van der Waals surface area contributed by atoms with Crippen molar-refractivity contribution in [1.82, 2.24) is 0 Å². The molecule has 5 nitrogen and oxygen atoms in total. The Morgan fingerprint density at radius 2 is 1.88 bits per heavy atom. The zero-order chi connectivity index (χ0) is 17.5. The first-order valence-corrected chi connectivity index (χ1v) is 7.10. The van der Waals surface area contributed by atoms with Crippen molar-refractivity contribution < 1.29 is 27.8 Å². The molecule has 0 aliphatic rings. The number of carbonyl (C=O) groups excluding carboxylic acids is 2. The molecule has 0 unspecified atom stereocenters. The average molecular weight is 356 g/mol. The van der Waals surface area contributed by atoms with E-state index in [1.165, 1.54) is 18.2 Å². The van der Waals surface area contributed by atoms with Gasteiger partial charge in [-0.1, -0.05) is 29.8 Å². The normalized spacial score (nSPS) is 10.3. The van der Waals surface area contributed by atoms with E-state index in [1.807, 2.05) is 0 Å². The zero-order valence-electron chi connectivity index (χ0n) is 12.2. The number of benzene rings is 2. The van der Waals surface area contributed by atoms with Gasteiger partial charge in [0.2, 0.25) is 0 Å². The topological polar surface area (TPSA) is 64.6 Å². The smallest absolute Gasteiger partial charge is 0.387 e. The lowest BCUT2D eigenvalue weighted by Gasteiger charge is -2.09. The van der Waals surface area contributed by atoms with E-state index in [1.54, 1.807) is 24.3 Å². The molecule has 0 bridgehead atoms. The molecule has 126 valence electrons. The van der Waals surface area contributed by atoms with Crippen molar-refractivity contribution in [3.8, 4) is 5.75 Å². The number of halogens is 3. The van der Waals surface area contributed by atoms with Crippen LogP contribution in [0.1, 0.15) is 10.4 Å². The third-order valence-corrected chi connectivity index (χ3v) is 3.11. The Bertz CT molecular complexity index is 740. The predicted molar refractivity (Wildman–Crippen MR) is 83.4 cm³/mol. The first-order chi connectivity index (χ1) is 11.5. The number of nitrogens with one attached hydrogen (secondary N) is 1. The number of hydrogen-bond donors (Lipinski definition) is 1. The van der Waals surface area contributed by atoms with Crippen LogP contribution < -0.4 is 10.1 Å². The Hall–Kier alpha value is -2.67. The molecule has 2 aromatic carbocycles. The molecule has 0 saturated carbocycles. The number of hydrogen-bond acceptors (Lipinski definition) is 4. The molecule has 0 atom stereocenters. The van der Waals surface area contributed by atoms with E-state index in [0.29, 0.717) is 10.7 Å². The molecule has 0 aromatic heterocycles. The number of ether oxygens (including phenoxy) is 2. The maximum atomic E-state index is 12.1. The number of para-hydroxylation sites is 1. The average Bonchev–Trinajstić information content (AvgIpc) is 2.54. The van der Waals surface area contributed by atoms with Crippen molar-refractivity contribution in [2.24, 2.45) is 0 Å². The minimum absolute atomic E-state index is 0.0151. The second-order valence-electron chi connectivity index (χ2n) is 4.51. The van der Waals surface area contributed by atoms with E-state index in [4.69, 9.17) is 16.3 Å². The van der Waals surface area contributed by atoms with Crippen molar-refractivity contribution in [3.05, 3.63) is 59.1 Å². The molecule has 1 N–H and O–H groups in total. The zero-order valence-corrected chi connectivity index (χ0v) is 12.9. The van der Waals surface area contributed by atoms with Crippen molar-refractivity contribution in [1.29, 1.82) is 0 Å². The summed E-state index contributed by atoms with van der Waals surface area (Å²) in [5.41, 5.74) is 0.367. The van der Waals surface area contributed by atoms with E-state index in [-0.39, 0.29) is 11.3 Å². The largest absolute Gasteiger partial charge is 0.452 e. The molecule has 0 radical (unpaired) electrons. The highest BCUT2D eigenvalue weighted by Gasteiger charge is 2.13. The van der Waals surface area contributed by atoms with Crippen LogP contribution in [0.15, 0.2) is 48.5 Å². The fourth-order valence-electron chi connectivity index (χ4n) is 1.76. The van der Waals surface area contributed by atoms with E-state index in [0.717, 1.165) is 6.07 Å². The molecule has 2 rings (SSSR count). The number of rotatable bonds is 6. The molecule has 0 saturated heterocycles. The van der Waals surface area contributed by atoms with E-state index >= 15 is 0 Å². The number of esters is 1. The summed E-state index contributed by atoms with van der Waals surface area (Å²) in [7, 11) is 0.